The standard InChI is InChI=1S/C13H14OS/c1-10(2)12-5-3-4-6-13(12)14-11-7-8-15-9-11/h3-10H,1-2H3. The molecule has 1 aromatic carbocycles. The van der Waals surface area contributed by atoms with Gasteiger partial charge < -0.3 is 4.74 Å². The maximum atomic E-state index is 5.82. The first-order valence-electron chi connectivity index (χ1n) is 5.06. The number of ether oxygens (including phenoxy) is 1. The zero-order chi connectivity index (χ0) is 10.7. The number of rotatable bonds is 3. The molecule has 1 nitrogen and oxygen atoms in total. The second-order valence-corrected chi connectivity index (χ2v) is 4.53. The van der Waals surface area contributed by atoms with Gasteiger partial charge in [0.25, 0.3) is 0 Å². The lowest BCUT2D eigenvalue weighted by molar-refractivity contribution is 0.475. The van der Waals surface area contributed by atoms with Gasteiger partial charge in [-0.1, -0.05) is 32.0 Å². The van der Waals surface area contributed by atoms with Crippen LogP contribution in [-0.2, 0) is 0 Å². The van der Waals surface area contributed by atoms with Crippen LogP contribution in [0, 0.1) is 0 Å². The van der Waals surface area contributed by atoms with E-state index >= 15 is 0 Å². The van der Waals surface area contributed by atoms with Gasteiger partial charge in [-0.25, -0.2) is 0 Å². The molecule has 0 spiro atoms. The van der Waals surface area contributed by atoms with Crippen LogP contribution >= 0.6 is 11.3 Å². The molecule has 2 heteroatoms. The van der Waals surface area contributed by atoms with Gasteiger partial charge in [-0.2, -0.15) is 0 Å². The Bertz CT molecular complexity index is 418. The highest BCUT2D eigenvalue weighted by atomic mass is 32.1. The SMILES string of the molecule is CC(C)c1ccccc1Oc1ccsc1. The fourth-order valence-corrected chi connectivity index (χ4v) is 2.04. The summed E-state index contributed by atoms with van der Waals surface area (Å²) in [6, 6.07) is 10.2. The highest BCUT2D eigenvalue weighted by Gasteiger charge is 2.07. The van der Waals surface area contributed by atoms with Crippen molar-refractivity contribution in [2.24, 2.45) is 0 Å². The molecule has 0 radical (unpaired) electrons. The molecular formula is C13H14OS. The summed E-state index contributed by atoms with van der Waals surface area (Å²) in [5.41, 5.74) is 1.25. The van der Waals surface area contributed by atoms with Crippen LogP contribution in [0.15, 0.2) is 41.1 Å². The number of benzene rings is 1. The number of hydrogen-bond donors (Lipinski definition) is 0. The molecule has 0 aliphatic heterocycles. The Morgan fingerprint density at radius 3 is 2.60 bits per heavy atom. The van der Waals surface area contributed by atoms with Crippen molar-refractivity contribution >= 4 is 11.3 Å². The van der Waals surface area contributed by atoms with E-state index in [9.17, 15) is 0 Å². The Labute approximate surface area is 94.3 Å². The Balaban J connectivity index is 2.28. The molecule has 0 saturated heterocycles. The first-order chi connectivity index (χ1) is 7.27. The molecule has 0 fully saturated rings. The number of thiophene rings is 1. The lowest BCUT2D eigenvalue weighted by Crippen LogP contribution is -1.92. The van der Waals surface area contributed by atoms with Gasteiger partial charge in [-0.15, -0.1) is 11.3 Å². The van der Waals surface area contributed by atoms with E-state index in [1.54, 1.807) is 11.3 Å². The molecule has 0 saturated carbocycles. The summed E-state index contributed by atoms with van der Waals surface area (Å²) < 4.78 is 5.82. The molecule has 0 atom stereocenters. The lowest BCUT2D eigenvalue weighted by atomic mass is 10.0. The third-order valence-electron chi connectivity index (χ3n) is 2.26. The molecule has 0 aliphatic carbocycles. The van der Waals surface area contributed by atoms with Gasteiger partial charge in [0.15, 0.2) is 0 Å². The highest BCUT2D eigenvalue weighted by Crippen LogP contribution is 2.30. The summed E-state index contributed by atoms with van der Waals surface area (Å²) in [5, 5.41) is 4.03. The summed E-state index contributed by atoms with van der Waals surface area (Å²) in [6.45, 7) is 4.35. The molecule has 0 aliphatic rings. The van der Waals surface area contributed by atoms with Crippen molar-refractivity contribution < 1.29 is 4.74 Å². The average Bonchev–Trinajstić information content (AvgIpc) is 2.71. The Morgan fingerprint density at radius 1 is 1.13 bits per heavy atom. The van der Waals surface area contributed by atoms with E-state index in [-0.39, 0.29) is 0 Å². The molecule has 1 aromatic heterocycles. The summed E-state index contributed by atoms with van der Waals surface area (Å²) >= 11 is 1.65. The molecule has 15 heavy (non-hydrogen) atoms. The third-order valence-corrected chi connectivity index (χ3v) is 2.93. The predicted octanol–water partition coefficient (Wildman–Crippen LogP) is 4.66. The van der Waals surface area contributed by atoms with Gasteiger partial charge >= 0.3 is 0 Å². The fraction of sp³-hybridized carbons (Fsp3) is 0.231. The Morgan fingerprint density at radius 2 is 1.93 bits per heavy atom. The van der Waals surface area contributed by atoms with Crippen LogP contribution < -0.4 is 4.74 Å². The lowest BCUT2D eigenvalue weighted by Gasteiger charge is -2.12. The molecule has 0 unspecified atom stereocenters. The molecule has 0 amide bonds. The van der Waals surface area contributed by atoms with E-state index in [1.807, 2.05) is 29.0 Å². The second-order valence-electron chi connectivity index (χ2n) is 3.75. The van der Waals surface area contributed by atoms with Crippen LogP contribution in [0.2, 0.25) is 0 Å². The predicted molar refractivity (Wildman–Crippen MR) is 64.9 cm³/mol. The molecule has 0 bridgehead atoms. The Kier molecular flexibility index (Phi) is 3.07. The summed E-state index contributed by atoms with van der Waals surface area (Å²) in [4.78, 5) is 0. The van der Waals surface area contributed by atoms with E-state index in [4.69, 9.17) is 4.74 Å². The zero-order valence-corrected chi connectivity index (χ0v) is 9.75. The maximum Gasteiger partial charge on any atom is 0.138 e. The van der Waals surface area contributed by atoms with Gasteiger partial charge in [-0.05, 0) is 29.0 Å². The van der Waals surface area contributed by atoms with Crippen molar-refractivity contribution in [3.8, 4) is 11.5 Å². The molecule has 78 valence electrons. The minimum absolute atomic E-state index is 0.486. The average molecular weight is 218 g/mol. The quantitative estimate of drug-likeness (QED) is 0.727. The van der Waals surface area contributed by atoms with Gasteiger partial charge in [0, 0.05) is 5.38 Å². The van der Waals surface area contributed by atoms with Crippen molar-refractivity contribution in [1.82, 2.24) is 0 Å². The third kappa shape index (κ3) is 2.39. The van der Waals surface area contributed by atoms with E-state index < -0.39 is 0 Å². The van der Waals surface area contributed by atoms with Crippen molar-refractivity contribution in [1.29, 1.82) is 0 Å². The number of hydrogen-bond acceptors (Lipinski definition) is 2. The highest BCUT2D eigenvalue weighted by molar-refractivity contribution is 7.08. The largest absolute Gasteiger partial charge is 0.456 e. The van der Waals surface area contributed by atoms with E-state index in [0.717, 1.165) is 11.5 Å². The topological polar surface area (TPSA) is 9.23 Å². The minimum Gasteiger partial charge on any atom is -0.456 e. The smallest absolute Gasteiger partial charge is 0.138 e. The fourth-order valence-electron chi connectivity index (χ4n) is 1.49. The minimum atomic E-state index is 0.486. The van der Waals surface area contributed by atoms with Crippen molar-refractivity contribution in [2.75, 3.05) is 0 Å². The van der Waals surface area contributed by atoms with Crippen molar-refractivity contribution in [3.63, 3.8) is 0 Å². The van der Waals surface area contributed by atoms with Crippen molar-refractivity contribution in [3.05, 3.63) is 46.7 Å². The first-order valence-corrected chi connectivity index (χ1v) is 6.00. The van der Waals surface area contributed by atoms with Gasteiger partial charge in [0.1, 0.15) is 11.5 Å². The van der Waals surface area contributed by atoms with Crippen LogP contribution in [0.4, 0.5) is 0 Å². The first kappa shape index (κ1) is 10.2. The van der Waals surface area contributed by atoms with Crippen LogP contribution in [-0.4, -0.2) is 0 Å². The monoisotopic (exact) mass is 218 g/mol. The molecule has 1 heterocycles. The summed E-state index contributed by atoms with van der Waals surface area (Å²) in [7, 11) is 0. The number of para-hydroxylation sites is 1. The normalized spacial score (nSPS) is 10.6. The van der Waals surface area contributed by atoms with Crippen LogP contribution in [0.25, 0.3) is 0 Å². The molecule has 2 aromatic rings. The van der Waals surface area contributed by atoms with E-state index in [2.05, 4.69) is 26.0 Å². The summed E-state index contributed by atoms with van der Waals surface area (Å²) in [6.07, 6.45) is 0. The zero-order valence-electron chi connectivity index (χ0n) is 8.94. The van der Waals surface area contributed by atoms with Crippen LogP contribution in [0.3, 0.4) is 0 Å². The van der Waals surface area contributed by atoms with Gasteiger partial charge in [0.2, 0.25) is 0 Å². The van der Waals surface area contributed by atoms with Crippen molar-refractivity contribution in [2.45, 2.75) is 19.8 Å². The van der Waals surface area contributed by atoms with E-state index in [1.165, 1.54) is 5.56 Å². The second kappa shape index (κ2) is 4.49. The van der Waals surface area contributed by atoms with Crippen LogP contribution in [0.5, 0.6) is 11.5 Å². The molecular weight excluding hydrogens is 204 g/mol. The van der Waals surface area contributed by atoms with Gasteiger partial charge in [-0.3, -0.25) is 0 Å². The molecule has 0 N–H and O–H groups in total. The van der Waals surface area contributed by atoms with Gasteiger partial charge in [0.05, 0.1) is 0 Å². The Hall–Kier alpha value is -1.28. The molecule has 2 rings (SSSR count). The van der Waals surface area contributed by atoms with E-state index in [0.29, 0.717) is 5.92 Å². The van der Waals surface area contributed by atoms with Crippen LogP contribution in [0.1, 0.15) is 25.3 Å². The maximum absolute atomic E-state index is 5.82. The summed E-state index contributed by atoms with van der Waals surface area (Å²) in [5.74, 6) is 2.37.